The molecule has 7 heteroatoms. The molecule has 0 spiro atoms. The van der Waals surface area contributed by atoms with Crippen LogP contribution < -0.4 is 5.32 Å². The first-order valence-electron chi connectivity index (χ1n) is 8.37. The Kier molecular flexibility index (Phi) is 6.39. The number of hydrogen-bond donors (Lipinski definition) is 1. The van der Waals surface area contributed by atoms with Crippen molar-refractivity contribution in [3.8, 4) is 0 Å². The molecule has 1 amide bonds. The summed E-state index contributed by atoms with van der Waals surface area (Å²) in [6, 6.07) is 5.48. The highest BCUT2D eigenvalue weighted by molar-refractivity contribution is 7.98. The number of carbonyl (C=O) groups is 1. The summed E-state index contributed by atoms with van der Waals surface area (Å²) < 4.78 is 0. The van der Waals surface area contributed by atoms with Gasteiger partial charge in [-0.05, 0) is 49.8 Å². The van der Waals surface area contributed by atoms with Gasteiger partial charge in [0.2, 0.25) is 0 Å². The third-order valence-electron chi connectivity index (χ3n) is 4.32. The minimum absolute atomic E-state index is 0.214. The van der Waals surface area contributed by atoms with Crippen LogP contribution in [-0.4, -0.2) is 35.1 Å². The molecule has 4 nitrogen and oxygen atoms in total. The van der Waals surface area contributed by atoms with Crippen LogP contribution >= 0.6 is 34.7 Å². The topological polar surface area (TPSA) is 45.2 Å². The first-order valence-corrected chi connectivity index (χ1v) is 10.8. The SMILES string of the molecule is CSc1ccc(Cl)c(C(=O)Nc2nc(CN3CCC[C@@H](C)C3)cs2)c1. The molecule has 134 valence electrons. The Labute approximate surface area is 162 Å². The van der Waals surface area contributed by atoms with Crippen molar-refractivity contribution in [2.75, 3.05) is 24.7 Å². The van der Waals surface area contributed by atoms with Gasteiger partial charge in [0.25, 0.3) is 5.91 Å². The first kappa shape index (κ1) is 18.7. The molecule has 0 radical (unpaired) electrons. The zero-order valence-corrected chi connectivity index (χ0v) is 16.8. The summed E-state index contributed by atoms with van der Waals surface area (Å²) in [6.07, 6.45) is 4.53. The summed E-state index contributed by atoms with van der Waals surface area (Å²) in [4.78, 5) is 20.5. The minimum Gasteiger partial charge on any atom is -0.298 e. The molecule has 1 aromatic heterocycles. The van der Waals surface area contributed by atoms with Gasteiger partial charge in [0.05, 0.1) is 16.3 Å². The Morgan fingerprint density at radius 2 is 2.36 bits per heavy atom. The molecule has 1 aliphatic rings. The quantitative estimate of drug-likeness (QED) is 0.723. The highest BCUT2D eigenvalue weighted by Crippen LogP contribution is 2.25. The number of rotatable bonds is 5. The Morgan fingerprint density at radius 3 is 3.12 bits per heavy atom. The predicted molar refractivity (Wildman–Crippen MR) is 107 cm³/mol. The Balaban J connectivity index is 1.64. The third kappa shape index (κ3) is 4.97. The molecule has 3 rings (SSSR count). The molecule has 1 atom stereocenters. The number of nitrogens with zero attached hydrogens (tertiary/aromatic N) is 2. The largest absolute Gasteiger partial charge is 0.298 e. The molecule has 25 heavy (non-hydrogen) atoms. The summed E-state index contributed by atoms with van der Waals surface area (Å²) in [6.45, 7) is 5.39. The maximum atomic E-state index is 12.5. The second kappa shape index (κ2) is 8.54. The lowest BCUT2D eigenvalue weighted by Gasteiger charge is -2.30. The van der Waals surface area contributed by atoms with Crippen LogP contribution in [0, 0.1) is 5.92 Å². The van der Waals surface area contributed by atoms with E-state index in [2.05, 4.69) is 22.1 Å². The van der Waals surface area contributed by atoms with Crippen molar-refractivity contribution in [3.63, 3.8) is 0 Å². The second-order valence-corrected chi connectivity index (χ2v) is 8.57. The maximum absolute atomic E-state index is 12.5. The van der Waals surface area contributed by atoms with Crippen LogP contribution in [0.2, 0.25) is 5.02 Å². The number of nitrogens with one attached hydrogen (secondary N) is 1. The van der Waals surface area contributed by atoms with E-state index in [1.165, 1.54) is 24.2 Å². The summed E-state index contributed by atoms with van der Waals surface area (Å²) >= 11 is 9.21. The van der Waals surface area contributed by atoms with Gasteiger partial charge >= 0.3 is 0 Å². The molecule has 1 aliphatic heterocycles. The number of halogens is 1. The van der Waals surface area contributed by atoms with Crippen LogP contribution in [0.4, 0.5) is 5.13 Å². The van der Waals surface area contributed by atoms with Gasteiger partial charge in [-0.25, -0.2) is 4.98 Å². The van der Waals surface area contributed by atoms with Crippen LogP contribution in [0.25, 0.3) is 0 Å². The zero-order chi connectivity index (χ0) is 17.8. The molecule has 1 aromatic carbocycles. The van der Waals surface area contributed by atoms with E-state index in [9.17, 15) is 4.79 Å². The molecule has 0 saturated carbocycles. The van der Waals surface area contributed by atoms with Gasteiger partial charge in [-0.2, -0.15) is 0 Å². The molecule has 1 N–H and O–H groups in total. The van der Waals surface area contributed by atoms with Gasteiger partial charge in [0, 0.05) is 23.4 Å². The smallest absolute Gasteiger partial charge is 0.258 e. The number of aromatic nitrogens is 1. The van der Waals surface area contributed by atoms with Crippen LogP contribution in [-0.2, 0) is 6.54 Å². The van der Waals surface area contributed by atoms with Crippen molar-refractivity contribution in [2.24, 2.45) is 5.92 Å². The van der Waals surface area contributed by atoms with Crippen molar-refractivity contribution < 1.29 is 4.79 Å². The van der Waals surface area contributed by atoms with Gasteiger partial charge in [-0.15, -0.1) is 23.1 Å². The van der Waals surface area contributed by atoms with Crippen molar-refractivity contribution in [1.82, 2.24) is 9.88 Å². The normalized spacial score (nSPS) is 18.3. The number of hydrogen-bond acceptors (Lipinski definition) is 5. The Bertz CT molecular complexity index is 750. The molecule has 0 unspecified atom stereocenters. The van der Waals surface area contributed by atoms with Crippen molar-refractivity contribution in [1.29, 1.82) is 0 Å². The summed E-state index contributed by atoms with van der Waals surface area (Å²) in [5, 5.41) is 5.97. The number of thiazole rings is 1. The molecule has 1 fully saturated rings. The average molecular weight is 396 g/mol. The van der Waals surface area contributed by atoms with Gasteiger partial charge in [-0.3, -0.25) is 15.0 Å². The van der Waals surface area contributed by atoms with Gasteiger partial charge < -0.3 is 0 Å². The van der Waals surface area contributed by atoms with Crippen molar-refractivity contribution in [3.05, 3.63) is 39.9 Å². The lowest BCUT2D eigenvalue weighted by Crippen LogP contribution is -2.33. The Hall–Kier alpha value is -1.08. The molecular weight excluding hydrogens is 374 g/mol. The van der Waals surface area contributed by atoms with Gasteiger partial charge in [0.1, 0.15) is 0 Å². The number of likely N-dealkylation sites (tertiary alicyclic amines) is 1. The van der Waals surface area contributed by atoms with Gasteiger partial charge in [0.15, 0.2) is 5.13 Å². The van der Waals surface area contributed by atoms with Gasteiger partial charge in [-0.1, -0.05) is 18.5 Å². The molecule has 2 aromatic rings. The number of carbonyl (C=O) groups excluding carboxylic acids is 1. The second-order valence-electron chi connectivity index (χ2n) is 6.43. The summed E-state index contributed by atoms with van der Waals surface area (Å²) in [5.74, 6) is 0.533. The Morgan fingerprint density at radius 1 is 1.52 bits per heavy atom. The number of piperidine rings is 1. The van der Waals surface area contributed by atoms with E-state index in [0.717, 1.165) is 36.1 Å². The van der Waals surface area contributed by atoms with Crippen LogP contribution in [0.1, 0.15) is 35.8 Å². The summed E-state index contributed by atoms with van der Waals surface area (Å²) in [7, 11) is 0. The molecular formula is C18H22ClN3OS2. The fourth-order valence-corrected chi connectivity index (χ4v) is 4.41. The number of thioether (sulfide) groups is 1. The van der Waals surface area contributed by atoms with E-state index in [-0.39, 0.29) is 5.91 Å². The first-order chi connectivity index (χ1) is 12.0. The number of amides is 1. The van der Waals surface area contributed by atoms with Crippen LogP contribution in [0.5, 0.6) is 0 Å². The number of benzene rings is 1. The highest BCUT2D eigenvalue weighted by atomic mass is 35.5. The maximum Gasteiger partial charge on any atom is 0.258 e. The fraction of sp³-hybridized carbons (Fsp3) is 0.444. The van der Waals surface area contributed by atoms with E-state index in [4.69, 9.17) is 11.6 Å². The lowest BCUT2D eigenvalue weighted by atomic mass is 10.0. The summed E-state index contributed by atoms with van der Waals surface area (Å²) in [5.41, 5.74) is 1.49. The monoisotopic (exact) mass is 395 g/mol. The zero-order valence-electron chi connectivity index (χ0n) is 14.4. The average Bonchev–Trinajstić information content (AvgIpc) is 3.02. The number of anilines is 1. The van der Waals surface area contributed by atoms with E-state index >= 15 is 0 Å². The predicted octanol–water partition coefficient (Wildman–Crippen LogP) is 5.00. The standard InChI is InChI=1S/C18H22ClN3OS2/c1-12-4-3-7-22(9-12)10-13-11-25-18(20-13)21-17(23)15-8-14(24-2)5-6-16(15)19/h5-6,8,11-12H,3-4,7,9-10H2,1-2H3,(H,20,21,23)/t12-/m1/s1. The third-order valence-corrected chi connectivity index (χ3v) is 6.18. The lowest BCUT2D eigenvalue weighted by molar-refractivity contribution is 0.102. The van der Waals surface area contributed by atoms with Crippen molar-refractivity contribution >= 4 is 45.7 Å². The fourth-order valence-electron chi connectivity index (χ4n) is 3.07. The van der Waals surface area contributed by atoms with Crippen LogP contribution in [0.3, 0.4) is 0 Å². The molecule has 0 bridgehead atoms. The molecule has 1 saturated heterocycles. The van der Waals surface area contributed by atoms with Crippen molar-refractivity contribution in [2.45, 2.75) is 31.2 Å². The highest BCUT2D eigenvalue weighted by Gasteiger charge is 2.18. The van der Waals surface area contributed by atoms with E-state index in [1.807, 2.05) is 23.8 Å². The van der Waals surface area contributed by atoms with E-state index in [1.54, 1.807) is 17.8 Å². The molecule has 2 heterocycles. The minimum atomic E-state index is -0.214. The van der Waals surface area contributed by atoms with Crippen LogP contribution in [0.15, 0.2) is 28.5 Å². The molecule has 0 aliphatic carbocycles. The van der Waals surface area contributed by atoms with E-state index < -0.39 is 0 Å². The van der Waals surface area contributed by atoms with E-state index in [0.29, 0.717) is 15.7 Å².